The molecule has 0 aliphatic carbocycles. The normalized spacial score (nSPS) is 12.3. The highest BCUT2D eigenvalue weighted by molar-refractivity contribution is 7.07. The van der Waals surface area contributed by atoms with Crippen molar-refractivity contribution in [2.45, 2.75) is 19.9 Å². The molecule has 3 rings (SSSR count). The lowest BCUT2D eigenvalue weighted by atomic mass is 10.1. The van der Waals surface area contributed by atoms with Crippen molar-refractivity contribution >= 4 is 17.2 Å². The Balaban J connectivity index is 1.81. The fraction of sp³-hybridized carbons (Fsp3) is 0.250. The maximum atomic E-state index is 12.1. The van der Waals surface area contributed by atoms with Crippen LogP contribution in [0.15, 0.2) is 45.9 Å². The highest BCUT2D eigenvalue weighted by atomic mass is 32.1. The third kappa shape index (κ3) is 2.96. The molecule has 0 unspecified atom stereocenters. The summed E-state index contributed by atoms with van der Waals surface area (Å²) in [6.07, 6.45) is 2.94. The average molecular weight is 315 g/mol. The fourth-order valence-electron chi connectivity index (χ4n) is 2.46. The minimum atomic E-state index is -0.143. The van der Waals surface area contributed by atoms with Gasteiger partial charge in [-0.05, 0) is 48.4 Å². The van der Waals surface area contributed by atoms with Crippen LogP contribution in [-0.4, -0.2) is 22.2 Å². The third-order valence-electron chi connectivity index (χ3n) is 3.51. The third-order valence-corrected chi connectivity index (χ3v) is 4.21. The van der Waals surface area contributed by atoms with Gasteiger partial charge in [-0.3, -0.25) is 9.48 Å². The number of thiophene rings is 1. The zero-order chi connectivity index (χ0) is 15.5. The summed E-state index contributed by atoms with van der Waals surface area (Å²) in [5.74, 6) is -0.143. The predicted molar refractivity (Wildman–Crippen MR) is 85.2 cm³/mol. The SMILES string of the molecule is Cc1cc(C)n([C@H](CNC(=O)c2ccoc2)c2ccsc2)n1. The first-order chi connectivity index (χ1) is 10.6. The van der Waals surface area contributed by atoms with Crippen LogP contribution in [0.1, 0.15) is 33.4 Å². The van der Waals surface area contributed by atoms with Crippen LogP contribution in [-0.2, 0) is 0 Å². The molecule has 0 aliphatic heterocycles. The monoisotopic (exact) mass is 315 g/mol. The molecule has 3 heterocycles. The molecule has 0 spiro atoms. The van der Waals surface area contributed by atoms with Gasteiger partial charge in [0.15, 0.2) is 0 Å². The molecular weight excluding hydrogens is 298 g/mol. The summed E-state index contributed by atoms with van der Waals surface area (Å²) in [6.45, 7) is 4.47. The summed E-state index contributed by atoms with van der Waals surface area (Å²) in [5.41, 5.74) is 3.71. The molecule has 0 aromatic carbocycles. The Labute approximate surface area is 132 Å². The van der Waals surface area contributed by atoms with Crippen molar-refractivity contribution in [3.63, 3.8) is 0 Å². The minimum Gasteiger partial charge on any atom is -0.472 e. The quantitative estimate of drug-likeness (QED) is 0.786. The van der Waals surface area contributed by atoms with Gasteiger partial charge < -0.3 is 9.73 Å². The number of carbonyl (C=O) groups is 1. The predicted octanol–water partition coefficient (Wildman–Crippen LogP) is 3.17. The Morgan fingerprint density at radius 3 is 2.91 bits per heavy atom. The van der Waals surface area contributed by atoms with Crippen LogP contribution in [0.4, 0.5) is 0 Å². The summed E-state index contributed by atoms with van der Waals surface area (Å²) in [4.78, 5) is 12.1. The second kappa shape index (κ2) is 6.19. The minimum absolute atomic E-state index is 0.0178. The van der Waals surface area contributed by atoms with Crippen molar-refractivity contribution in [3.05, 3.63) is 64.0 Å². The van der Waals surface area contributed by atoms with Gasteiger partial charge in [-0.25, -0.2) is 0 Å². The Hall–Kier alpha value is -2.34. The van der Waals surface area contributed by atoms with Crippen LogP contribution in [0, 0.1) is 13.8 Å². The summed E-state index contributed by atoms with van der Waals surface area (Å²) in [6, 6.07) is 5.74. The molecule has 1 atom stereocenters. The summed E-state index contributed by atoms with van der Waals surface area (Å²) >= 11 is 1.64. The van der Waals surface area contributed by atoms with Crippen LogP contribution in [0.25, 0.3) is 0 Å². The van der Waals surface area contributed by atoms with Crippen LogP contribution in [0.5, 0.6) is 0 Å². The number of hydrogen-bond acceptors (Lipinski definition) is 4. The molecule has 0 aliphatic rings. The highest BCUT2D eigenvalue weighted by Gasteiger charge is 2.19. The van der Waals surface area contributed by atoms with Gasteiger partial charge in [0.25, 0.3) is 5.91 Å². The molecule has 22 heavy (non-hydrogen) atoms. The second-order valence-corrected chi connectivity index (χ2v) is 5.95. The molecule has 1 amide bonds. The van der Waals surface area contributed by atoms with E-state index in [4.69, 9.17) is 4.42 Å². The number of furan rings is 1. The lowest BCUT2D eigenvalue weighted by molar-refractivity contribution is 0.0948. The molecule has 0 radical (unpaired) electrons. The van der Waals surface area contributed by atoms with E-state index >= 15 is 0 Å². The summed E-state index contributed by atoms with van der Waals surface area (Å²) in [7, 11) is 0. The van der Waals surface area contributed by atoms with Gasteiger partial charge in [0.1, 0.15) is 6.26 Å². The molecule has 0 saturated heterocycles. The molecule has 0 bridgehead atoms. The van der Waals surface area contributed by atoms with Gasteiger partial charge in [-0.2, -0.15) is 16.4 Å². The van der Waals surface area contributed by atoms with Crippen LogP contribution in [0.3, 0.4) is 0 Å². The number of nitrogens with zero attached hydrogens (tertiary/aromatic N) is 2. The largest absolute Gasteiger partial charge is 0.472 e. The molecule has 0 saturated carbocycles. The zero-order valence-electron chi connectivity index (χ0n) is 12.4. The first-order valence-electron chi connectivity index (χ1n) is 7.00. The first kappa shape index (κ1) is 14.6. The van der Waals surface area contributed by atoms with Crippen molar-refractivity contribution in [2.24, 2.45) is 0 Å². The molecular formula is C16H17N3O2S. The highest BCUT2D eigenvalue weighted by Crippen LogP contribution is 2.22. The van der Waals surface area contributed by atoms with Crippen LogP contribution < -0.4 is 5.32 Å². The van der Waals surface area contributed by atoms with Gasteiger partial charge in [-0.1, -0.05) is 0 Å². The van der Waals surface area contributed by atoms with Gasteiger partial charge in [0.2, 0.25) is 0 Å². The Bertz CT molecular complexity index is 745. The molecule has 1 N–H and O–H groups in total. The first-order valence-corrected chi connectivity index (χ1v) is 7.94. The number of amides is 1. The van der Waals surface area contributed by atoms with E-state index in [9.17, 15) is 4.79 Å². The molecule has 6 heteroatoms. The van der Waals surface area contributed by atoms with Crippen molar-refractivity contribution in [2.75, 3.05) is 6.54 Å². The van der Waals surface area contributed by atoms with Gasteiger partial charge >= 0.3 is 0 Å². The van der Waals surface area contributed by atoms with Gasteiger partial charge in [0, 0.05) is 12.2 Å². The summed E-state index contributed by atoms with van der Waals surface area (Å²) < 4.78 is 6.91. The van der Waals surface area contributed by atoms with Gasteiger partial charge in [0.05, 0.1) is 23.6 Å². The standard InChI is InChI=1S/C16H17N3O2S/c1-11-7-12(2)19(18-11)15(14-4-6-22-10-14)8-17-16(20)13-3-5-21-9-13/h3-7,9-10,15H,8H2,1-2H3,(H,17,20)/t15-/m1/s1. The van der Waals surface area contributed by atoms with E-state index in [0.29, 0.717) is 12.1 Å². The number of aryl methyl sites for hydroxylation is 2. The Morgan fingerprint density at radius 2 is 2.32 bits per heavy atom. The van der Waals surface area contributed by atoms with E-state index in [1.807, 2.05) is 30.0 Å². The fourth-order valence-corrected chi connectivity index (χ4v) is 3.16. The smallest absolute Gasteiger partial charge is 0.254 e. The van der Waals surface area contributed by atoms with E-state index in [1.54, 1.807) is 17.4 Å². The van der Waals surface area contributed by atoms with Crippen molar-refractivity contribution in [3.8, 4) is 0 Å². The number of hydrogen-bond donors (Lipinski definition) is 1. The molecule has 114 valence electrons. The van der Waals surface area contributed by atoms with E-state index in [2.05, 4.69) is 21.9 Å². The average Bonchev–Trinajstić information content (AvgIpc) is 3.22. The number of aromatic nitrogens is 2. The van der Waals surface area contributed by atoms with Gasteiger partial charge in [-0.15, -0.1) is 0 Å². The zero-order valence-corrected chi connectivity index (χ0v) is 13.3. The second-order valence-electron chi connectivity index (χ2n) is 5.17. The van der Waals surface area contributed by atoms with Crippen LogP contribution >= 0.6 is 11.3 Å². The topological polar surface area (TPSA) is 60.1 Å². The van der Waals surface area contributed by atoms with E-state index < -0.39 is 0 Å². The lowest BCUT2D eigenvalue weighted by Crippen LogP contribution is -2.31. The summed E-state index contributed by atoms with van der Waals surface area (Å²) in [5, 5.41) is 11.6. The molecule has 3 aromatic heterocycles. The molecule has 5 nitrogen and oxygen atoms in total. The number of carbonyl (C=O) groups excluding carboxylic acids is 1. The Kier molecular flexibility index (Phi) is 4.11. The number of nitrogens with one attached hydrogen (secondary N) is 1. The number of rotatable bonds is 5. The van der Waals surface area contributed by atoms with Crippen molar-refractivity contribution < 1.29 is 9.21 Å². The maximum absolute atomic E-state index is 12.1. The van der Waals surface area contributed by atoms with Crippen molar-refractivity contribution in [1.82, 2.24) is 15.1 Å². The molecule has 0 fully saturated rings. The Morgan fingerprint density at radius 1 is 1.45 bits per heavy atom. The molecule has 3 aromatic rings. The van der Waals surface area contributed by atoms with Crippen LogP contribution in [0.2, 0.25) is 0 Å². The van der Waals surface area contributed by atoms with Crippen molar-refractivity contribution in [1.29, 1.82) is 0 Å². The van der Waals surface area contributed by atoms with E-state index in [1.165, 1.54) is 12.5 Å². The maximum Gasteiger partial charge on any atom is 0.254 e. The van der Waals surface area contributed by atoms with E-state index in [0.717, 1.165) is 17.0 Å². The van der Waals surface area contributed by atoms with E-state index in [-0.39, 0.29) is 11.9 Å². The lowest BCUT2D eigenvalue weighted by Gasteiger charge is -2.19.